The van der Waals surface area contributed by atoms with Crippen LogP contribution in [0.2, 0.25) is 5.02 Å². The Labute approximate surface area is 338 Å². The molecule has 6 aromatic rings. The molecule has 0 N–H and O–H groups in total. The van der Waals surface area contributed by atoms with Crippen LogP contribution in [0.4, 0.5) is 0 Å². The Morgan fingerprint density at radius 1 is 0.614 bits per heavy atom. The Hall–Kier alpha value is -5.26. The molecule has 5 unspecified atom stereocenters. The molecule has 5 aromatic carbocycles. The fourth-order valence-corrected chi connectivity index (χ4v) is 6.96. The van der Waals surface area contributed by atoms with E-state index >= 15 is 0 Å². The summed E-state index contributed by atoms with van der Waals surface area (Å²) in [6.07, 6.45) is -3.30. The number of carbonyl (C=O) groups excluding carboxylic acids is 1. The number of hydrogen-bond acceptors (Lipinski definition) is 9. The van der Waals surface area contributed by atoms with Gasteiger partial charge in [0, 0.05) is 11.6 Å². The number of nitrogens with zero attached hydrogens (tertiary/aromatic N) is 2. The molecule has 2 heterocycles. The van der Waals surface area contributed by atoms with Crippen LogP contribution >= 0.6 is 11.6 Å². The number of ether oxygens (including phenoxy) is 6. The molecule has 1 aromatic heterocycles. The molecule has 0 amide bonds. The largest absolute Gasteiger partial charge is 0.477 e. The molecule has 292 valence electrons. The van der Waals surface area contributed by atoms with Gasteiger partial charge in [0.1, 0.15) is 36.2 Å². The zero-order valence-corrected chi connectivity index (χ0v) is 32.4. The first kappa shape index (κ1) is 40.0. The maximum Gasteiger partial charge on any atom is 0.233 e. The van der Waals surface area contributed by atoms with Gasteiger partial charge >= 0.3 is 0 Å². The maximum atomic E-state index is 13.9. The smallest absolute Gasteiger partial charge is 0.233 e. The minimum absolute atomic E-state index is 0.129. The molecule has 1 fully saturated rings. The van der Waals surface area contributed by atoms with Crippen molar-refractivity contribution in [2.45, 2.75) is 63.9 Å². The van der Waals surface area contributed by atoms with Gasteiger partial charge in [-0.2, -0.15) is 0 Å². The second-order valence-corrected chi connectivity index (χ2v) is 14.0. The second-order valence-electron chi connectivity index (χ2n) is 13.6. The average molecular weight is 785 g/mol. The highest BCUT2D eigenvalue weighted by Gasteiger charge is 2.49. The number of hydrogen-bond donors (Lipinski definition) is 0. The van der Waals surface area contributed by atoms with Gasteiger partial charge in [0.2, 0.25) is 11.7 Å². The topological polar surface area (TPSA) is 98.2 Å². The standard InChI is InChI=1S/C47H45ClN2O7/c1-2-53-42-26-25-40(49-50-42)43(51)38-27-37(23-24-39(38)48)44-46(55-30-35-19-11-5-12-20-35)47(56-31-36-21-13-6-14-22-36)45(54-29-34-17-9-4-10-18-34)41(57-44)32-52-28-33-15-7-3-8-16-33/h3-27,41,44-47H,2,28-32H2,1H3. The minimum atomic E-state index is -0.730. The molecule has 0 radical (unpaired) electrons. The van der Waals surface area contributed by atoms with Gasteiger partial charge in [0.05, 0.1) is 44.7 Å². The van der Waals surface area contributed by atoms with E-state index in [-0.39, 0.29) is 29.5 Å². The number of aromatic nitrogens is 2. The van der Waals surface area contributed by atoms with Crippen molar-refractivity contribution in [3.05, 3.63) is 196 Å². The zero-order chi connectivity index (χ0) is 39.2. The Morgan fingerprint density at radius 3 is 1.67 bits per heavy atom. The van der Waals surface area contributed by atoms with Gasteiger partial charge in [-0.3, -0.25) is 4.79 Å². The van der Waals surface area contributed by atoms with Crippen molar-refractivity contribution < 1.29 is 33.2 Å². The first-order valence-electron chi connectivity index (χ1n) is 19.1. The lowest BCUT2D eigenvalue weighted by Gasteiger charge is -2.46. The summed E-state index contributed by atoms with van der Waals surface area (Å²) in [5.41, 5.74) is 5.06. The van der Waals surface area contributed by atoms with E-state index < -0.39 is 36.3 Å². The summed E-state index contributed by atoms with van der Waals surface area (Å²) < 4.78 is 39.4. The maximum absolute atomic E-state index is 13.9. The highest BCUT2D eigenvalue weighted by Crippen LogP contribution is 2.40. The van der Waals surface area contributed by atoms with Crippen LogP contribution in [0, 0.1) is 0 Å². The molecule has 0 aliphatic carbocycles. The van der Waals surface area contributed by atoms with Crippen LogP contribution in [0.15, 0.2) is 152 Å². The van der Waals surface area contributed by atoms with Crippen molar-refractivity contribution in [1.82, 2.24) is 10.2 Å². The lowest BCUT2D eigenvalue weighted by Crippen LogP contribution is -2.58. The van der Waals surface area contributed by atoms with E-state index in [0.29, 0.717) is 37.9 Å². The van der Waals surface area contributed by atoms with Crippen LogP contribution in [0.1, 0.15) is 56.9 Å². The van der Waals surface area contributed by atoms with Crippen LogP contribution in [0.3, 0.4) is 0 Å². The molecule has 1 aliphatic rings. The van der Waals surface area contributed by atoms with Gasteiger partial charge in [-0.15, -0.1) is 10.2 Å². The first-order chi connectivity index (χ1) is 28.1. The van der Waals surface area contributed by atoms with Crippen molar-refractivity contribution >= 4 is 17.4 Å². The molecule has 1 aliphatic heterocycles. The molecule has 0 bridgehead atoms. The van der Waals surface area contributed by atoms with Gasteiger partial charge < -0.3 is 28.4 Å². The van der Waals surface area contributed by atoms with E-state index in [1.807, 2.05) is 134 Å². The van der Waals surface area contributed by atoms with Crippen LogP contribution in [0.5, 0.6) is 5.88 Å². The number of halogens is 1. The fourth-order valence-electron chi connectivity index (χ4n) is 6.76. The third-order valence-electron chi connectivity index (χ3n) is 9.61. The van der Waals surface area contributed by atoms with Gasteiger partial charge in [-0.1, -0.05) is 139 Å². The normalized spacial score (nSPS) is 19.2. The fraction of sp³-hybridized carbons (Fsp3) is 0.255. The van der Waals surface area contributed by atoms with Crippen molar-refractivity contribution in [2.24, 2.45) is 0 Å². The molecule has 7 rings (SSSR count). The van der Waals surface area contributed by atoms with Crippen molar-refractivity contribution in [3.8, 4) is 5.88 Å². The molecular weight excluding hydrogens is 740 g/mol. The summed E-state index contributed by atoms with van der Waals surface area (Å²) in [6.45, 7) is 3.74. The van der Waals surface area contributed by atoms with Crippen LogP contribution in [-0.2, 0) is 50.1 Å². The molecule has 0 saturated carbocycles. The van der Waals surface area contributed by atoms with E-state index in [1.165, 1.54) is 0 Å². The summed E-state index contributed by atoms with van der Waals surface area (Å²) in [6, 6.07) is 48.4. The van der Waals surface area contributed by atoms with Crippen LogP contribution in [0.25, 0.3) is 0 Å². The molecular formula is C47H45ClN2O7. The Bertz CT molecular complexity index is 2130. The second kappa shape index (κ2) is 20.2. The monoisotopic (exact) mass is 784 g/mol. The van der Waals surface area contributed by atoms with Crippen molar-refractivity contribution in [2.75, 3.05) is 13.2 Å². The van der Waals surface area contributed by atoms with E-state index in [0.717, 1.165) is 22.3 Å². The molecule has 5 atom stereocenters. The first-order valence-corrected chi connectivity index (χ1v) is 19.5. The highest BCUT2D eigenvalue weighted by molar-refractivity contribution is 6.34. The summed E-state index contributed by atoms with van der Waals surface area (Å²) in [5.74, 6) is -0.0623. The number of benzene rings is 5. The van der Waals surface area contributed by atoms with Gasteiger partial charge in [-0.25, -0.2) is 0 Å². The molecule has 57 heavy (non-hydrogen) atoms. The number of ketones is 1. The van der Waals surface area contributed by atoms with Crippen LogP contribution < -0.4 is 4.74 Å². The predicted octanol–water partition coefficient (Wildman–Crippen LogP) is 9.17. The van der Waals surface area contributed by atoms with E-state index in [9.17, 15) is 4.79 Å². The average Bonchev–Trinajstić information content (AvgIpc) is 3.26. The third kappa shape index (κ3) is 10.8. The van der Waals surface area contributed by atoms with E-state index in [1.54, 1.807) is 24.3 Å². The lowest BCUT2D eigenvalue weighted by molar-refractivity contribution is -0.275. The van der Waals surface area contributed by atoms with Gasteiger partial charge in [0.25, 0.3) is 0 Å². The third-order valence-corrected chi connectivity index (χ3v) is 9.94. The van der Waals surface area contributed by atoms with Gasteiger partial charge in [0.15, 0.2) is 0 Å². The predicted molar refractivity (Wildman–Crippen MR) is 217 cm³/mol. The highest BCUT2D eigenvalue weighted by atomic mass is 35.5. The SMILES string of the molecule is CCOc1ccc(C(=O)c2cc(C3OC(COCc4ccccc4)C(OCc4ccccc4)C(OCc4ccccc4)C3OCc3ccccc3)ccc2Cl)nn1. The van der Waals surface area contributed by atoms with Crippen molar-refractivity contribution in [3.63, 3.8) is 0 Å². The number of carbonyl (C=O) groups is 1. The zero-order valence-electron chi connectivity index (χ0n) is 31.7. The molecule has 0 spiro atoms. The summed E-state index contributed by atoms with van der Waals surface area (Å²) >= 11 is 6.73. The van der Waals surface area contributed by atoms with Crippen molar-refractivity contribution in [1.29, 1.82) is 0 Å². The summed E-state index contributed by atoms with van der Waals surface area (Å²) in [5, 5.41) is 8.46. The summed E-state index contributed by atoms with van der Waals surface area (Å²) in [7, 11) is 0. The molecule has 9 nitrogen and oxygen atoms in total. The lowest BCUT2D eigenvalue weighted by atomic mass is 9.89. The summed E-state index contributed by atoms with van der Waals surface area (Å²) in [4.78, 5) is 13.9. The molecule has 1 saturated heterocycles. The van der Waals surface area contributed by atoms with E-state index in [2.05, 4.69) is 10.2 Å². The number of rotatable bonds is 18. The van der Waals surface area contributed by atoms with Crippen LogP contribution in [-0.4, -0.2) is 53.6 Å². The Morgan fingerprint density at radius 2 is 1.14 bits per heavy atom. The quantitative estimate of drug-likeness (QED) is 0.0791. The minimum Gasteiger partial charge on any atom is -0.477 e. The van der Waals surface area contributed by atoms with Gasteiger partial charge in [-0.05, 0) is 52.9 Å². The Kier molecular flexibility index (Phi) is 14.2. The molecule has 10 heteroatoms. The van der Waals surface area contributed by atoms with E-state index in [4.69, 9.17) is 40.0 Å². The Balaban J connectivity index is 1.27.